The van der Waals surface area contributed by atoms with Crippen LogP contribution in [0.2, 0.25) is 0 Å². The maximum atomic E-state index is 12.3. The van der Waals surface area contributed by atoms with E-state index in [1.165, 1.54) is 0 Å². The molecule has 0 radical (unpaired) electrons. The van der Waals surface area contributed by atoms with Gasteiger partial charge in [0.2, 0.25) is 0 Å². The first-order valence-electron chi connectivity index (χ1n) is 6.92. The van der Waals surface area contributed by atoms with Crippen LogP contribution in [0.4, 0.5) is 4.79 Å². The van der Waals surface area contributed by atoms with Crippen LogP contribution in [0.15, 0.2) is 0 Å². The van der Waals surface area contributed by atoms with Crippen LogP contribution in [-0.4, -0.2) is 79.3 Å². The smallest absolute Gasteiger partial charge is 0.320 e. The number of carbonyl (C=O) groups excluding carboxylic acids is 1. The number of urea groups is 1. The molecule has 1 unspecified atom stereocenters. The average Bonchev–Trinajstić information content (AvgIpc) is 2.86. The second kappa shape index (κ2) is 5.89. The van der Waals surface area contributed by atoms with Crippen molar-refractivity contribution in [2.75, 3.05) is 46.4 Å². The van der Waals surface area contributed by atoms with Crippen LogP contribution in [0.25, 0.3) is 0 Å². The summed E-state index contributed by atoms with van der Waals surface area (Å²) in [5.41, 5.74) is 0. The first kappa shape index (κ1) is 13.6. The highest BCUT2D eigenvalue weighted by Gasteiger charge is 2.31. The van der Waals surface area contributed by atoms with E-state index in [-0.39, 0.29) is 12.1 Å². The summed E-state index contributed by atoms with van der Waals surface area (Å²) in [6.45, 7) is 9.69. The van der Waals surface area contributed by atoms with Crippen LogP contribution >= 0.6 is 0 Å². The molecule has 1 atom stereocenters. The van der Waals surface area contributed by atoms with E-state index in [0.29, 0.717) is 6.04 Å². The number of ether oxygens (including phenoxy) is 1. The minimum atomic E-state index is 0.193. The number of amides is 2. The molecule has 2 fully saturated rings. The summed E-state index contributed by atoms with van der Waals surface area (Å²) in [5, 5.41) is 0. The number of methoxy groups -OCH3 is 1. The van der Waals surface area contributed by atoms with Gasteiger partial charge in [0.15, 0.2) is 0 Å². The Bertz CT molecular complexity index is 288. The monoisotopic (exact) mass is 255 g/mol. The first-order chi connectivity index (χ1) is 8.61. The zero-order valence-corrected chi connectivity index (χ0v) is 11.8. The Labute approximate surface area is 110 Å². The van der Waals surface area contributed by atoms with Gasteiger partial charge in [-0.05, 0) is 20.3 Å². The second-order valence-electron chi connectivity index (χ2n) is 5.49. The Morgan fingerprint density at radius 3 is 2.28 bits per heavy atom. The summed E-state index contributed by atoms with van der Waals surface area (Å²) in [5.74, 6) is 0. The van der Waals surface area contributed by atoms with Gasteiger partial charge in [0.1, 0.15) is 0 Å². The molecule has 0 spiro atoms. The van der Waals surface area contributed by atoms with Gasteiger partial charge in [-0.25, -0.2) is 4.79 Å². The van der Waals surface area contributed by atoms with Crippen molar-refractivity contribution in [3.05, 3.63) is 0 Å². The molecule has 0 bridgehead atoms. The Kier molecular flexibility index (Phi) is 4.45. The van der Waals surface area contributed by atoms with E-state index in [1.807, 2.05) is 9.80 Å². The zero-order valence-electron chi connectivity index (χ0n) is 11.8. The Morgan fingerprint density at radius 2 is 1.78 bits per heavy atom. The van der Waals surface area contributed by atoms with Gasteiger partial charge < -0.3 is 14.5 Å². The molecule has 0 aromatic carbocycles. The largest absolute Gasteiger partial charge is 0.380 e. The fraction of sp³-hybridized carbons (Fsp3) is 0.923. The quantitative estimate of drug-likeness (QED) is 0.734. The molecule has 18 heavy (non-hydrogen) atoms. The van der Waals surface area contributed by atoms with E-state index in [4.69, 9.17) is 4.74 Å². The van der Waals surface area contributed by atoms with E-state index < -0.39 is 0 Å². The molecule has 2 aliphatic rings. The number of piperazine rings is 1. The van der Waals surface area contributed by atoms with Crippen molar-refractivity contribution in [2.24, 2.45) is 0 Å². The number of carbonyl (C=O) groups is 1. The van der Waals surface area contributed by atoms with Crippen LogP contribution in [-0.2, 0) is 4.74 Å². The Morgan fingerprint density at radius 1 is 1.11 bits per heavy atom. The minimum Gasteiger partial charge on any atom is -0.380 e. The summed E-state index contributed by atoms with van der Waals surface area (Å²) in [6, 6.07) is 0.768. The maximum absolute atomic E-state index is 12.3. The van der Waals surface area contributed by atoms with Gasteiger partial charge in [-0.15, -0.1) is 0 Å². The summed E-state index contributed by atoms with van der Waals surface area (Å²) in [6.07, 6.45) is 1.19. The molecule has 5 nitrogen and oxygen atoms in total. The lowest BCUT2D eigenvalue weighted by Gasteiger charge is -2.38. The average molecular weight is 255 g/mol. The van der Waals surface area contributed by atoms with Gasteiger partial charge in [0.05, 0.1) is 6.10 Å². The van der Waals surface area contributed by atoms with Gasteiger partial charge in [-0.1, -0.05) is 0 Å². The molecule has 0 N–H and O–H groups in total. The predicted octanol–water partition coefficient (Wildman–Crippen LogP) is 0.853. The SMILES string of the molecule is COC1CCN(C(=O)N2CCN(C(C)C)CC2)C1. The van der Waals surface area contributed by atoms with E-state index in [2.05, 4.69) is 18.7 Å². The van der Waals surface area contributed by atoms with Gasteiger partial charge in [0.25, 0.3) is 0 Å². The molecule has 104 valence electrons. The second-order valence-corrected chi connectivity index (χ2v) is 5.49. The molecule has 2 saturated heterocycles. The van der Waals surface area contributed by atoms with Crippen LogP contribution in [0.3, 0.4) is 0 Å². The molecule has 5 heteroatoms. The third kappa shape index (κ3) is 2.95. The molecule has 2 aliphatic heterocycles. The van der Waals surface area contributed by atoms with E-state index in [0.717, 1.165) is 45.7 Å². The third-order valence-electron chi connectivity index (χ3n) is 4.06. The molecule has 0 saturated carbocycles. The lowest BCUT2D eigenvalue weighted by molar-refractivity contribution is 0.0899. The van der Waals surface area contributed by atoms with Crippen LogP contribution in [0.5, 0.6) is 0 Å². The van der Waals surface area contributed by atoms with Gasteiger partial charge >= 0.3 is 6.03 Å². The van der Waals surface area contributed by atoms with E-state index in [9.17, 15) is 4.79 Å². The van der Waals surface area contributed by atoms with Gasteiger partial charge in [-0.3, -0.25) is 4.90 Å². The van der Waals surface area contributed by atoms with Crippen molar-refractivity contribution in [2.45, 2.75) is 32.4 Å². The molecule has 2 heterocycles. The third-order valence-corrected chi connectivity index (χ3v) is 4.06. The topological polar surface area (TPSA) is 36.0 Å². The van der Waals surface area contributed by atoms with Crippen LogP contribution < -0.4 is 0 Å². The zero-order chi connectivity index (χ0) is 13.1. The van der Waals surface area contributed by atoms with Crippen LogP contribution in [0, 0.1) is 0 Å². The Hall–Kier alpha value is -0.810. The number of hydrogen-bond donors (Lipinski definition) is 0. The fourth-order valence-electron chi connectivity index (χ4n) is 2.72. The maximum Gasteiger partial charge on any atom is 0.320 e. The standard InChI is InChI=1S/C13H25N3O2/c1-11(2)14-6-8-15(9-7-14)13(17)16-5-4-12(10-16)18-3/h11-12H,4-10H2,1-3H3. The number of likely N-dealkylation sites (tertiary alicyclic amines) is 1. The highest BCUT2D eigenvalue weighted by Crippen LogP contribution is 2.15. The van der Waals surface area contributed by atoms with Crippen molar-refractivity contribution in [1.82, 2.24) is 14.7 Å². The van der Waals surface area contributed by atoms with Crippen molar-refractivity contribution < 1.29 is 9.53 Å². The lowest BCUT2D eigenvalue weighted by atomic mass is 10.2. The van der Waals surface area contributed by atoms with Crippen LogP contribution in [0.1, 0.15) is 20.3 Å². The summed E-state index contributed by atoms with van der Waals surface area (Å²) >= 11 is 0. The molecule has 0 aliphatic carbocycles. The Balaban J connectivity index is 1.81. The van der Waals surface area contributed by atoms with E-state index in [1.54, 1.807) is 7.11 Å². The first-order valence-corrected chi connectivity index (χ1v) is 6.92. The van der Waals surface area contributed by atoms with E-state index >= 15 is 0 Å². The summed E-state index contributed by atoms with van der Waals surface area (Å²) in [4.78, 5) is 18.7. The molecule has 0 aromatic rings. The van der Waals surface area contributed by atoms with Gasteiger partial charge in [0, 0.05) is 52.4 Å². The molecule has 2 amide bonds. The molecular weight excluding hydrogens is 230 g/mol. The highest BCUT2D eigenvalue weighted by atomic mass is 16.5. The fourth-order valence-corrected chi connectivity index (χ4v) is 2.72. The molecular formula is C13H25N3O2. The minimum absolute atomic E-state index is 0.193. The predicted molar refractivity (Wildman–Crippen MR) is 70.7 cm³/mol. The van der Waals surface area contributed by atoms with Crippen molar-refractivity contribution in [3.63, 3.8) is 0 Å². The molecule has 2 rings (SSSR count). The van der Waals surface area contributed by atoms with Crippen molar-refractivity contribution in [1.29, 1.82) is 0 Å². The van der Waals surface area contributed by atoms with Crippen molar-refractivity contribution in [3.8, 4) is 0 Å². The van der Waals surface area contributed by atoms with Gasteiger partial charge in [-0.2, -0.15) is 0 Å². The lowest BCUT2D eigenvalue weighted by Crippen LogP contribution is -2.53. The number of nitrogens with zero attached hydrogens (tertiary/aromatic N) is 3. The number of rotatable bonds is 2. The summed E-state index contributed by atoms with van der Waals surface area (Å²) < 4.78 is 5.31. The molecule has 0 aromatic heterocycles. The van der Waals surface area contributed by atoms with Crippen molar-refractivity contribution >= 4 is 6.03 Å². The highest BCUT2D eigenvalue weighted by molar-refractivity contribution is 5.75. The number of hydrogen-bond acceptors (Lipinski definition) is 3. The summed E-state index contributed by atoms with van der Waals surface area (Å²) in [7, 11) is 1.72. The normalized spacial score (nSPS) is 26.1.